The molecule has 0 spiro atoms. The van der Waals surface area contributed by atoms with Crippen LogP contribution in [0.3, 0.4) is 0 Å². The van der Waals surface area contributed by atoms with Crippen molar-refractivity contribution in [2.24, 2.45) is 0 Å². The number of carbonyl (C=O) groups excluding carboxylic acids is 1. The summed E-state index contributed by atoms with van der Waals surface area (Å²) in [6, 6.07) is 0. The van der Waals surface area contributed by atoms with Gasteiger partial charge in [-0.1, -0.05) is 0 Å². The van der Waals surface area contributed by atoms with E-state index in [4.69, 9.17) is 5.11 Å². The Morgan fingerprint density at radius 2 is 2.50 bits per heavy atom. The zero-order valence-corrected chi connectivity index (χ0v) is 4.55. The standard InChI is InChI=1S/C5H9NO2/c7-4-2-1-3-6-5(4)8/h5-6,8H,1-3H2. The first-order chi connectivity index (χ1) is 3.80. The molecule has 8 heavy (non-hydrogen) atoms. The molecule has 3 heteroatoms. The van der Waals surface area contributed by atoms with Crippen LogP contribution in [0.15, 0.2) is 0 Å². The molecule has 0 saturated carbocycles. The van der Waals surface area contributed by atoms with E-state index in [9.17, 15) is 4.79 Å². The van der Waals surface area contributed by atoms with Crippen LogP contribution in [0.4, 0.5) is 0 Å². The van der Waals surface area contributed by atoms with E-state index in [2.05, 4.69) is 5.32 Å². The first-order valence-electron chi connectivity index (χ1n) is 2.75. The molecule has 1 unspecified atom stereocenters. The first kappa shape index (κ1) is 5.72. The number of piperidine rings is 1. The Morgan fingerprint density at radius 1 is 1.75 bits per heavy atom. The lowest BCUT2D eigenvalue weighted by Crippen LogP contribution is -2.41. The van der Waals surface area contributed by atoms with Gasteiger partial charge in [-0.05, 0) is 13.0 Å². The van der Waals surface area contributed by atoms with Crippen LogP contribution in [0.5, 0.6) is 0 Å². The molecule has 0 aromatic carbocycles. The molecular formula is C5H9NO2. The molecule has 1 fully saturated rings. The lowest BCUT2D eigenvalue weighted by atomic mass is 10.1. The van der Waals surface area contributed by atoms with E-state index in [1.807, 2.05) is 0 Å². The van der Waals surface area contributed by atoms with E-state index in [0.29, 0.717) is 6.42 Å². The third-order valence-corrected chi connectivity index (χ3v) is 1.24. The summed E-state index contributed by atoms with van der Waals surface area (Å²) in [6.45, 7) is 0.757. The molecule has 0 bridgehead atoms. The molecule has 1 rings (SSSR count). The van der Waals surface area contributed by atoms with E-state index in [1.165, 1.54) is 0 Å². The third kappa shape index (κ3) is 1.05. The van der Waals surface area contributed by atoms with Crippen LogP contribution in [-0.2, 0) is 4.79 Å². The second-order valence-electron chi connectivity index (χ2n) is 1.93. The van der Waals surface area contributed by atoms with Gasteiger partial charge >= 0.3 is 0 Å². The highest BCUT2D eigenvalue weighted by molar-refractivity contribution is 5.82. The predicted molar refractivity (Wildman–Crippen MR) is 28.3 cm³/mol. The molecule has 1 atom stereocenters. The Morgan fingerprint density at radius 3 is 2.88 bits per heavy atom. The fourth-order valence-corrected chi connectivity index (χ4v) is 0.752. The summed E-state index contributed by atoms with van der Waals surface area (Å²) in [5, 5.41) is 11.4. The second kappa shape index (κ2) is 2.24. The molecule has 46 valence electrons. The molecule has 0 aromatic rings. The van der Waals surface area contributed by atoms with Crippen molar-refractivity contribution in [2.75, 3.05) is 6.54 Å². The average molecular weight is 115 g/mol. The summed E-state index contributed by atoms with van der Waals surface area (Å²) in [4.78, 5) is 10.5. The van der Waals surface area contributed by atoms with Crippen molar-refractivity contribution in [3.05, 3.63) is 0 Å². The van der Waals surface area contributed by atoms with Gasteiger partial charge in [0.15, 0.2) is 12.0 Å². The second-order valence-corrected chi connectivity index (χ2v) is 1.93. The zero-order chi connectivity index (χ0) is 5.98. The van der Waals surface area contributed by atoms with Gasteiger partial charge in [-0.15, -0.1) is 0 Å². The van der Waals surface area contributed by atoms with Crippen molar-refractivity contribution in [2.45, 2.75) is 19.1 Å². The summed E-state index contributed by atoms with van der Waals surface area (Å²) in [5.74, 6) is -0.0868. The van der Waals surface area contributed by atoms with Crippen molar-refractivity contribution < 1.29 is 9.90 Å². The van der Waals surface area contributed by atoms with Gasteiger partial charge in [0.25, 0.3) is 0 Å². The molecule has 0 radical (unpaired) electrons. The Balaban J connectivity index is 2.39. The largest absolute Gasteiger partial charge is 0.371 e. The Kier molecular flexibility index (Phi) is 1.60. The van der Waals surface area contributed by atoms with Gasteiger partial charge in [0.2, 0.25) is 0 Å². The summed E-state index contributed by atoms with van der Waals surface area (Å²) < 4.78 is 0. The average Bonchev–Trinajstić information content (AvgIpc) is 1.77. The molecule has 1 aliphatic rings. The number of ketones is 1. The van der Waals surface area contributed by atoms with Gasteiger partial charge in [-0.3, -0.25) is 10.1 Å². The molecule has 0 aromatic heterocycles. The minimum Gasteiger partial charge on any atom is -0.371 e. The summed E-state index contributed by atoms with van der Waals surface area (Å²) in [6.07, 6.45) is 0.494. The number of carbonyl (C=O) groups is 1. The first-order valence-corrected chi connectivity index (χ1v) is 2.75. The molecule has 0 amide bonds. The lowest BCUT2D eigenvalue weighted by Gasteiger charge is -2.15. The lowest BCUT2D eigenvalue weighted by molar-refractivity contribution is -0.130. The molecule has 1 saturated heterocycles. The number of hydrogen-bond donors (Lipinski definition) is 2. The van der Waals surface area contributed by atoms with Crippen molar-refractivity contribution in [3.63, 3.8) is 0 Å². The molecular weight excluding hydrogens is 106 g/mol. The van der Waals surface area contributed by atoms with Gasteiger partial charge in [-0.2, -0.15) is 0 Å². The molecule has 3 nitrogen and oxygen atoms in total. The van der Waals surface area contributed by atoms with E-state index < -0.39 is 6.23 Å². The van der Waals surface area contributed by atoms with Crippen LogP contribution in [0.1, 0.15) is 12.8 Å². The highest BCUT2D eigenvalue weighted by Gasteiger charge is 2.17. The van der Waals surface area contributed by atoms with E-state index in [0.717, 1.165) is 13.0 Å². The number of nitrogens with one attached hydrogen (secondary N) is 1. The number of aliphatic hydroxyl groups excluding tert-OH is 1. The Bertz CT molecular complexity index is 103. The van der Waals surface area contributed by atoms with Crippen molar-refractivity contribution >= 4 is 5.78 Å². The summed E-state index contributed by atoms with van der Waals surface area (Å²) in [5.41, 5.74) is 0. The van der Waals surface area contributed by atoms with Crippen molar-refractivity contribution in [1.29, 1.82) is 0 Å². The normalized spacial score (nSPS) is 30.6. The molecule has 1 heterocycles. The van der Waals surface area contributed by atoms with Crippen LogP contribution < -0.4 is 5.32 Å². The minimum absolute atomic E-state index is 0.0868. The van der Waals surface area contributed by atoms with Crippen molar-refractivity contribution in [1.82, 2.24) is 5.32 Å². The van der Waals surface area contributed by atoms with Crippen LogP contribution in [0.2, 0.25) is 0 Å². The maximum Gasteiger partial charge on any atom is 0.176 e. The van der Waals surface area contributed by atoms with Gasteiger partial charge in [0.05, 0.1) is 0 Å². The highest BCUT2D eigenvalue weighted by Crippen LogP contribution is 1.98. The van der Waals surface area contributed by atoms with Gasteiger partial charge < -0.3 is 5.11 Å². The quantitative estimate of drug-likeness (QED) is 0.437. The third-order valence-electron chi connectivity index (χ3n) is 1.24. The Labute approximate surface area is 47.7 Å². The maximum atomic E-state index is 10.5. The fourth-order valence-electron chi connectivity index (χ4n) is 0.752. The summed E-state index contributed by atoms with van der Waals surface area (Å²) >= 11 is 0. The molecule has 2 N–H and O–H groups in total. The predicted octanol–water partition coefficient (Wildman–Crippen LogP) is -0.743. The SMILES string of the molecule is O=C1CCCNC1O. The maximum absolute atomic E-state index is 10.5. The van der Waals surface area contributed by atoms with Crippen LogP contribution >= 0.6 is 0 Å². The smallest absolute Gasteiger partial charge is 0.176 e. The van der Waals surface area contributed by atoms with Crippen LogP contribution in [0, 0.1) is 0 Å². The van der Waals surface area contributed by atoms with Crippen molar-refractivity contribution in [3.8, 4) is 0 Å². The minimum atomic E-state index is -0.885. The Hall–Kier alpha value is -0.410. The van der Waals surface area contributed by atoms with E-state index in [-0.39, 0.29) is 5.78 Å². The fraction of sp³-hybridized carbons (Fsp3) is 0.800. The topological polar surface area (TPSA) is 49.3 Å². The van der Waals surface area contributed by atoms with E-state index >= 15 is 0 Å². The zero-order valence-electron chi connectivity index (χ0n) is 4.55. The number of Topliss-reactive ketones (excluding diaryl/α,β-unsaturated/α-hetero) is 1. The summed E-state index contributed by atoms with van der Waals surface area (Å²) in [7, 11) is 0. The highest BCUT2D eigenvalue weighted by atomic mass is 16.3. The number of rotatable bonds is 0. The van der Waals surface area contributed by atoms with Gasteiger partial charge in [0.1, 0.15) is 0 Å². The molecule has 1 aliphatic heterocycles. The van der Waals surface area contributed by atoms with Crippen LogP contribution in [0.25, 0.3) is 0 Å². The van der Waals surface area contributed by atoms with Gasteiger partial charge in [0, 0.05) is 6.42 Å². The van der Waals surface area contributed by atoms with Crippen LogP contribution in [-0.4, -0.2) is 23.7 Å². The number of aliphatic hydroxyl groups is 1. The van der Waals surface area contributed by atoms with E-state index in [1.54, 1.807) is 0 Å². The van der Waals surface area contributed by atoms with Gasteiger partial charge in [-0.25, -0.2) is 0 Å². The number of hydrogen-bond acceptors (Lipinski definition) is 3. The monoisotopic (exact) mass is 115 g/mol. The molecule has 0 aliphatic carbocycles.